The van der Waals surface area contributed by atoms with Crippen LogP contribution < -0.4 is 23.7 Å². The van der Waals surface area contributed by atoms with Crippen molar-refractivity contribution in [2.75, 3.05) is 39.6 Å². The van der Waals surface area contributed by atoms with E-state index in [1.807, 2.05) is 46.8 Å². The largest absolute Gasteiger partial charge is 0.507 e. The quantitative estimate of drug-likeness (QED) is 0.0294. The van der Waals surface area contributed by atoms with Crippen LogP contribution in [0.25, 0.3) is 0 Å². The van der Waals surface area contributed by atoms with Crippen LogP contribution in [0.2, 0.25) is 0 Å². The zero-order chi connectivity index (χ0) is 99.0. The average Bonchev–Trinajstić information content (AvgIpc) is 0.772. The van der Waals surface area contributed by atoms with Crippen molar-refractivity contribution in [2.45, 2.75) is 380 Å². The highest BCUT2D eigenvalue weighted by atomic mass is 16.8. The fourth-order valence-corrected chi connectivity index (χ4v) is 19.3. The van der Waals surface area contributed by atoms with Gasteiger partial charge in [-0.05, 0) is 189 Å². The number of aromatic hydroxyl groups is 1. The molecule has 0 amide bonds. The summed E-state index contributed by atoms with van der Waals surface area (Å²) in [5.41, 5.74) is 10.1. The fourth-order valence-electron chi connectivity index (χ4n) is 19.3. The highest BCUT2D eigenvalue weighted by Crippen LogP contribution is 2.53. The van der Waals surface area contributed by atoms with Crippen molar-refractivity contribution < 1.29 is 179 Å². The van der Waals surface area contributed by atoms with Gasteiger partial charge in [0, 0.05) is 34.4 Å². The molecule has 3 aliphatic carbocycles. The van der Waals surface area contributed by atoms with Crippen LogP contribution >= 0.6 is 0 Å². The number of allylic oxidation sites excluding steroid dienone is 9. The maximum atomic E-state index is 11.7. The van der Waals surface area contributed by atoms with Crippen molar-refractivity contribution in [3.63, 3.8) is 0 Å². The molecule has 9 aliphatic rings. The van der Waals surface area contributed by atoms with E-state index in [4.69, 9.17) is 56.8 Å². The Hall–Kier alpha value is -6.30. The Labute approximate surface area is 788 Å². The molecule has 0 bridgehead atoms. The topological polar surface area (TPSA) is 596 Å². The molecule has 3 aromatic rings. The second-order valence-corrected chi connectivity index (χ2v) is 37.9. The molecule has 762 valence electrons. The van der Waals surface area contributed by atoms with Gasteiger partial charge in [0.25, 0.3) is 0 Å². The minimum atomic E-state index is -1.86. The van der Waals surface area contributed by atoms with Crippen LogP contribution in [-0.4, -0.2) is 346 Å². The number of benzene rings is 3. The van der Waals surface area contributed by atoms with Gasteiger partial charge in [-0.25, -0.2) is 0 Å². The van der Waals surface area contributed by atoms with Gasteiger partial charge in [-0.15, -0.1) is 0 Å². The normalized spacial score (nSPS) is 37.2. The highest BCUT2D eigenvalue weighted by Gasteiger charge is 2.55. The number of phenols is 1. The summed E-state index contributed by atoms with van der Waals surface area (Å²) in [6.45, 7) is 26.8. The van der Waals surface area contributed by atoms with E-state index in [1.165, 1.54) is 5.57 Å². The Kier molecular flexibility index (Phi) is 41.7. The number of ether oxygens (including phenoxy) is 12. The molecule has 12 rings (SSSR count). The summed E-state index contributed by atoms with van der Waals surface area (Å²) in [6, 6.07) is 10.8. The first-order chi connectivity index (χ1) is 64.2. The van der Waals surface area contributed by atoms with Crippen LogP contribution in [-0.2, 0) is 52.4 Å². The highest BCUT2D eigenvalue weighted by molar-refractivity contribution is 5.56. The summed E-state index contributed by atoms with van der Waals surface area (Å²) in [7, 11) is 0. The molecule has 6 fully saturated rings. The van der Waals surface area contributed by atoms with Crippen LogP contribution in [0, 0.1) is 17.8 Å². The predicted molar refractivity (Wildman–Crippen MR) is 487 cm³/mol. The number of unbranched alkanes of at least 4 members (excludes halogenated alkanes) is 6. The zero-order valence-electron chi connectivity index (χ0n) is 78.7. The van der Waals surface area contributed by atoms with Gasteiger partial charge >= 0.3 is 0 Å². The lowest BCUT2D eigenvalue weighted by Crippen LogP contribution is -2.65. The van der Waals surface area contributed by atoms with Crippen LogP contribution in [0.3, 0.4) is 0 Å². The smallest absolute Gasteiger partial charge is 0.229 e. The van der Waals surface area contributed by atoms with Crippen molar-refractivity contribution in [1.82, 2.24) is 0 Å². The SMILES string of the molecule is C=C(C)[C@@H]1CCC(C)=C[C@H]1c1c(O)cc(CCCCC)cc1O[C@@H]1O[C@H](CO)[C@@H](O)[C@H](O)[C@H]1O.C=C(C)[C@@H]1CCC(C)=C[C@H]1c1c(O[C@@H]2O[C@H](CO)[C@@H](O)[C@H](O)[C@H]2O)cc(CCCCC)cc1O[C@@H]1O[C@H](CO)[C@@H](O)[C@H](O)[C@H]1O.C=C(C)[C@@H]1CCC(C)=C[C@H]1c1c(O[C@@H]2O[C@H](CO)[C@@H](O)[C@H](O)[C@H]2O)cc(CCCCC)cc1O[C@@H]1O[C@H](CO)[C@@H](O)[C@H](O[C@@H]2O[C@H](CO)[C@@H](O)[C@H](O)[C@H]2O)[C@H]1O. The number of aliphatic hydroxyl groups is 23. The lowest BCUT2D eigenvalue weighted by Gasteiger charge is -2.46. The van der Waals surface area contributed by atoms with Gasteiger partial charge in [0.2, 0.25) is 31.5 Å². The van der Waals surface area contributed by atoms with Crippen LogP contribution in [0.5, 0.6) is 34.5 Å². The monoisotopic (exact) mass is 1910 g/mol. The van der Waals surface area contributed by atoms with Gasteiger partial charge in [-0.1, -0.05) is 131 Å². The predicted octanol–water partition coefficient (Wildman–Crippen LogP) is 2.73. The first-order valence-electron chi connectivity index (χ1n) is 47.5. The summed E-state index contributed by atoms with van der Waals surface area (Å²) < 4.78 is 71.7. The number of hydrogen-bond acceptors (Lipinski definition) is 36. The van der Waals surface area contributed by atoms with Gasteiger partial charge in [-0.2, -0.15) is 0 Å². The molecule has 0 unspecified atom stereocenters. The third-order valence-electron chi connectivity index (χ3n) is 27.4. The van der Waals surface area contributed by atoms with E-state index >= 15 is 0 Å². The van der Waals surface area contributed by atoms with Crippen molar-refractivity contribution in [3.8, 4) is 34.5 Å². The van der Waals surface area contributed by atoms with E-state index in [0.29, 0.717) is 47.3 Å². The fraction of sp³-hybridized carbons (Fsp3) is 0.697. The lowest BCUT2D eigenvalue weighted by atomic mass is 9.73. The molecular weight excluding hydrogens is 1770 g/mol. The number of rotatable bonds is 36. The molecule has 36 nitrogen and oxygen atoms in total. The van der Waals surface area contributed by atoms with Gasteiger partial charge in [0.05, 0.1) is 39.6 Å². The molecule has 0 radical (unpaired) electrons. The minimum absolute atomic E-state index is 0.0612. The molecule has 36 heteroatoms. The second kappa shape index (κ2) is 50.9. The molecule has 36 atom stereocenters. The first kappa shape index (κ1) is 111. The third kappa shape index (κ3) is 26.5. The van der Waals surface area contributed by atoms with Crippen molar-refractivity contribution in [2.24, 2.45) is 17.8 Å². The molecule has 3 aromatic carbocycles. The van der Waals surface area contributed by atoms with Gasteiger partial charge in [0.1, 0.15) is 181 Å². The van der Waals surface area contributed by atoms with E-state index in [-0.39, 0.29) is 58.3 Å². The molecule has 6 heterocycles. The Bertz CT molecular complexity index is 4300. The average molecular weight is 1920 g/mol. The lowest BCUT2D eigenvalue weighted by molar-refractivity contribution is -0.352. The number of phenolic OH excluding ortho intramolecular Hbond substituents is 1. The van der Waals surface area contributed by atoms with E-state index in [0.717, 1.165) is 135 Å². The Morgan fingerprint density at radius 3 is 0.793 bits per heavy atom. The molecule has 0 spiro atoms. The number of aryl methyl sites for hydroxylation is 3. The second-order valence-electron chi connectivity index (χ2n) is 37.9. The summed E-state index contributed by atoms with van der Waals surface area (Å²) in [5.74, 6) is 0.156. The molecule has 135 heavy (non-hydrogen) atoms. The maximum Gasteiger partial charge on any atom is 0.229 e. The Balaban J connectivity index is 0.000000216. The summed E-state index contributed by atoms with van der Waals surface area (Å²) >= 11 is 0. The molecular formula is C99H150O36. The van der Waals surface area contributed by atoms with Crippen LogP contribution in [0.4, 0.5) is 0 Å². The summed E-state index contributed by atoms with van der Waals surface area (Å²) in [6.07, 6.45) is -25.1. The van der Waals surface area contributed by atoms with Crippen LogP contribution in [0.1, 0.15) is 210 Å². The molecule has 0 aromatic heterocycles. The molecule has 6 aliphatic heterocycles. The van der Waals surface area contributed by atoms with E-state index in [9.17, 15) is 123 Å². The Morgan fingerprint density at radius 1 is 0.304 bits per heavy atom. The van der Waals surface area contributed by atoms with Crippen molar-refractivity contribution >= 4 is 0 Å². The van der Waals surface area contributed by atoms with E-state index in [2.05, 4.69) is 59.6 Å². The summed E-state index contributed by atoms with van der Waals surface area (Å²) in [5, 5.41) is 251. The number of hydrogen-bond donors (Lipinski definition) is 24. The van der Waals surface area contributed by atoms with Gasteiger partial charge in [0.15, 0.2) is 6.29 Å². The van der Waals surface area contributed by atoms with Crippen LogP contribution in [0.15, 0.2) is 108 Å². The maximum absolute atomic E-state index is 11.7. The Morgan fingerprint density at radius 2 is 0.533 bits per heavy atom. The zero-order valence-corrected chi connectivity index (χ0v) is 78.7. The number of aliphatic hydroxyl groups excluding tert-OH is 23. The standard InChI is InChI=1S/C39H60O17.C33H50O12.C27H40O7/c1-5-6-7-8-19-12-22(51-37-33(48)31(46)28(43)24(14-40)53-37)27(21-11-18(4)9-10-20(21)17(2)3)23(13-19)52-39-35(50)36(30(45)26(16-42)55-39)56-38-34(49)32(47)29(44)25(15-41)54-38;1-5-6-7-8-18-12-21(42-32-30(40)28(38)26(36)23(14-34)44-32)25(20-11-17(4)9-10-19(20)16(2)3)22(13-18)43-33-31(41)29(39)27(37)24(15-35)45-33;1-5-6-7-8-17-12-20(29)23(19-11-16(4)9-10-18(19)15(2)3)21(13-17)33-27-26(32)25(31)24(30)22(14-28)34-27/h11-13,20-21,24-26,28-50H,2,5-10,14-16H2,1,3-4H3;11-13,19-20,23-24,26-41H,2,5-10,14-15H2,1,3-4H3;11-13,18-19,22,24-32H,2,5-10,14H2,1,3-4H3/t20-,21+,24+,25+,26+,28+,29+,30+,31-,32-,33+,34+,35+,36-,37+,38-,39+;19-,20+,23+,24+,26+,27+,28-,29-,30+,31+,32+,33+;18-,19+,22+,24+,25-,26+,27+/m000/s1. The molecule has 24 N–H and O–H groups in total. The minimum Gasteiger partial charge on any atom is -0.507 e. The molecule has 6 saturated heterocycles. The van der Waals surface area contributed by atoms with E-state index < -0.39 is 230 Å². The van der Waals surface area contributed by atoms with Crippen molar-refractivity contribution in [1.29, 1.82) is 0 Å². The molecule has 0 saturated carbocycles. The van der Waals surface area contributed by atoms with Gasteiger partial charge in [-0.3, -0.25) is 0 Å². The van der Waals surface area contributed by atoms with Crippen molar-refractivity contribution in [3.05, 3.63) is 141 Å². The first-order valence-corrected chi connectivity index (χ1v) is 47.5. The van der Waals surface area contributed by atoms with Gasteiger partial charge < -0.3 is 179 Å². The summed E-state index contributed by atoms with van der Waals surface area (Å²) in [4.78, 5) is 0. The van der Waals surface area contributed by atoms with E-state index in [1.54, 1.807) is 30.3 Å². The third-order valence-corrected chi connectivity index (χ3v) is 27.4.